The zero-order valence-corrected chi connectivity index (χ0v) is 16.3. The standard InChI is InChI=1S/C23H25N3O3/c24-17-9-6-15(7-10-17)12-13-25-21(27)16-8-11-19-20(14-16)23(29)26(22(19)28)18-4-2-1-3-5-18/h6-11,14,18H,1-5,12-13,24H2,(H,25,27). The Bertz CT molecular complexity index is 946. The van der Waals surface area contributed by atoms with Gasteiger partial charge in [0, 0.05) is 23.8 Å². The molecule has 0 aromatic heterocycles. The number of fused-ring (bicyclic) bond motifs is 1. The highest BCUT2D eigenvalue weighted by Crippen LogP contribution is 2.31. The van der Waals surface area contributed by atoms with Gasteiger partial charge in [0.05, 0.1) is 11.1 Å². The number of carbonyl (C=O) groups excluding carboxylic acids is 3. The van der Waals surface area contributed by atoms with Crippen molar-refractivity contribution in [3.05, 3.63) is 64.7 Å². The monoisotopic (exact) mass is 391 g/mol. The van der Waals surface area contributed by atoms with Crippen LogP contribution < -0.4 is 11.1 Å². The highest BCUT2D eigenvalue weighted by Gasteiger charge is 2.40. The molecule has 1 aliphatic heterocycles. The number of rotatable bonds is 5. The van der Waals surface area contributed by atoms with Crippen LogP contribution in [-0.4, -0.2) is 35.2 Å². The maximum atomic E-state index is 12.9. The number of benzene rings is 2. The SMILES string of the molecule is Nc1ccc(CCNC(=O)c2ccc3c(c2)C(=O)N(C2CCCCC2)C3=O)cc1. The molecule has 2 aliphatic rings. The maximum absolute atomic E-state index is 12.9. The van der Waals surface area contributed by atoms with Gasteiger partial charge in [-0.1, -0.05) is 31.4 Å². The minimum absolute atomic E-state index is 0.0201. The minimum Gasteiger partial charge on any atom is -0.399 e. The molecular weight excluding hydrogens is 366 g/mol. The Morgan fingerprint density at radius 1 is 0.966 bits per heavy atom. The average Bonchev–Trinajstić information content (AvgIpc) is 3.00. The molecule has 1 heterocycles. The lowest BCUT2D eigenvalue weighted by molar-refractivity contribution is 0.0549. The second kappa shape index (κ2) is 8.07. The molecule has 0 unspecified atom stereocenters. The molecule has 1 aliphatic carbocycles. The van der Waals surface area contributed by atoms with Gasteiger partial charge in [0.1, 0.15) is 0 Å². The molecule has 3 amide bonds. The Morgan fingerprint density at radius 3 is 2.38 bits per heavy atom. The average molecular weight is 391 g/mol. The molecule has 29 heavy (non-hydrogen) atoms. The first kappa shape index (κ1) is 19.2. The summed E-state index contributed by atoms with van der Waals surface area (Å²) in [5, 5.41) is 2.87. The van der Waals surface area contributed by atoms with Crippen LogP contribution >= 0.6 is 0 Å². The molecule has 2 aromatic carbocycles. The van der Waals surface area contributed by atoms with E-state index in [1.165, 1.54) is 4.90 Å². The number of nitrogens with two attached hydrogens (primary N) is 1. The first-order valence-corrected chi connectivity index (χ1v) is 10.2. The fourth-order valence-corrected chi connectivity index (χ4v) is 4.18. The van der Waals surface area contributed by atoms with Crippen LogP contribution in [0.3, 0.4) is 0 Å². The molecule has 150 valence electrons. The van der Waals surface area contributed by atoms with Crippen LogP contribution in [0, 0.1) is 0 Å². The quantitative estimate of drug-likeness (QED) is 0.605. The van der Waals surface area contributed by atoms with Crippen molar-refractivity contribution in [1.29, 1.82) is 0 Å². The lowest BCUT2D eigenvalue weighted by Gasteiger charge is -2.29. The van der Waals surface area contributed by atoms with Crippen molar-refractivity contribution >= 4 is 23.4 Å². The molecule has 6 nitrogen and oxygen atoms in total. The molecule has 4 rings (SSSR count). The van der Waals surface area contributed by atoms with Gasteiger partial charge in [-0.05, 0) is 55.2 Å². The lowest BCUT2D eigenvalue weighted by Crippen LogP contribution is -2.40. The van der Waals surface area contributed by atoms with Crippen molar-refractivity contribution in [2.45, 2.75) is 44.6 Å². The lowest BCUT2D eigenvalue weighted by atomic mass is 9.94. The molecule has 0 atom stereocenters. The molecule has 0 saturated heterocycles. The Balaban J connectivity index is 1.42. The van der Waals surface area contributed by atoms with E-state index in [0.717, 1.165) is 37.7 Å². The summed E-state index contributed by atoms with van der Waals surface area (Å²) < 4.78 is 0. The molecule has 1 saturated carbocycles. The Kier molecular flexibility index (Phi) is 5.34. The summed E-state index contributed by atoms with van der Waals surface area (Å²) in [6, 6.07) is 12.3. The van der Waals surface area contributed by atoms with Gasteiger partial charge in [-0.3, -0.25) is 19.3 Å². The number of carbonyl (C=O) groups is 3. The molecule has 0 bridgehead atoms. The van der Waals surface area contributed by atoms with E-state index in [4.69, 9.17) is 5.73 Å². The van der Waals surface area contributed by atoms with Crippen molar-refractivity contribution in [3.8, 4) is 0 Å². The Labute approximate surface area is 170 Å². The molecule has 6 heteroatoms. The zero-order valence-electron chi connectivity index (χ0n) is 16.3. The van der Waals surface area contributed by atoms with Crippen LogP contribution in [0.4, 0.5) is 5.69 Å². The molecule has 0 radical (unpaired) electrons. The molecule has 0 spiro atoms. The first-order valence-electron chi connectivity index (χ1n) is 10.2. The summed E-state index contributed by atoms with van der Waals surface area (Å²) in [6.07, 6.45) is 5.65. The van der Waals surface area contributed by atoms with E-state index in [0.29, 0.717) is 35.3 Å². The minimum atomic E-state index is -0.270. The summed E-state index contributed by atoms with van der Waals surface area (Å²) in [5.41, 5.74) is 8.60. The van der Waals surface area contributed by atoms with Crippen molar-refractivity contribution in [2.75, 3.05) is 12.3 Å². The summed E-state index contributed by atoms with van der Waals surface area (Å²) in [7, 11) is 0. The zero-order chi connectivity index (χ0) is 20.4. The van der Waals surface area contributed by atoms with Gasteiger partial charge in [0.2, 0.25) is 0 Å². The van der Waals surface area contributed by atoms with E-state index in [2.05, 4.69) is 5.32 Å². The Morgan fingerprint density at radius 2 is 1.66 bits per heavy atom. The van der Waals surface area contributed by atoms with Gasteiger partial charge in [-0.2, -0.15) is 0 Å². The number of anilines is 1. The van der Waals surface area contributed by atoms with Gasteiger partial charge >= 0.3 is 0 Å². The summed E-state index contributed by atoms with van der Waals surface area (Å²) in [4.78, 5) is 39.5. The van der Waals surface area contributed by atoms with E-state index < -0.39 is 0 Å². The highest BCUT2D eigenvalue weighted by atomic mass is 16.2. The number of nitrogen functional groups attached to an aromatic ring is 1. The van der Waals surface area contributed by atoms with Gasteiger partial charge in [-0.25, -0.2) is 0 Å². The number of hydrogen-bond donors (Lipinski definition) is 2. The smallest absolute Gasteiger partial charge is 0.261 e. The molecule has 2 aromatic rings. The molecule has 1 fully saturated rings. The van der Waals surface area contributed by atoms with Crippen LogP contribution in [0.1, 0.15) is 68.7 Å². The van der Waals surface area contributed by atoms with Crippen LogP contribution in [0.15, 0.2) is 42.5 Å². The second-order valence-electron chi connectivity index (χ2n) is 7.78. The van der Waals surface area contributed by atoms with E-state index in [9.17, 15) is 14.4 Å². The van der Waals surface area contributed by atoms with Gasteiger partial charge in [0.25, 0.3) is 17.7 Å². The third-order valence-electron chi connectivity index (χ3n) is 5.80. The number of imide groups is 1. The van der Waals surface area contributed by atoms with Crippen LogP contribution in [-0.2, 0) is 6.42 Å². The second-order valence-corrected chi connectivity index (χ2v) is 7.78. The third-order valence-corrected chi connectivity index (χ3v) is 5.80. The third kappa shape index (κ3) is 3.88. The van der Waals surface area contributed by atoms with Crippen molar-refractivity contribution in [1.82, 2.24) is 10.2 Å². The number of nitrogens with one attached hydrogen (secondary N) is 1. The van der Waals surface area contributed by atoms with Gasteiger partial charge in [-0.15, -0.1) is 0 Å². The predicted octanol–water partition coefficient (Wildman–Crippen LogP) is 3.17. The number of hydrogen-bond acceptors (Lipinski definition) is 4. The summed E-state index contributed by atoms with van der Waals surface area (Å²) >= 11 is 0. The van der Waals surface area contributed by atoms with Gasteiger partial charge in [0.15, 0.2) is 0 Å². The van der Waals surface area contributed by atoms with E-state index in [-0.39, 0.29) is 23.8 Å². The van der Waals surface area contributed by atoms with Crippen LogP contribution in [0.2, 0.25) is 0 Å². The summed E-state index contributed by atoms with van der Waals surface area (Å²) in [5.74, 6) is -0.750. The maximum Gasteiger partial charge on any atom is 0.261 e. The largest absolute Gasteiger partial charge is 0.399 e. The summed E-state index contributed by atoms with van der Waals surface area (Å²) in [6.45, 7) is 0.473. The predicted molar refractivity (Wildman–Crippen MR) is 111 cm³/mol. The van der Waals surface area contributed by atoms with Crippen LogP contribution in [0.25, 0.3) is 0 Å². The van der Waals surface area contributed by atoms with Crippen molar-refractivity contribution in [2.24, 2.45) is 0 Å². The van der Waals surface area contributed by atoms with Crippen LogP contribution in [0.5, 0.6) is 0 Å². The molecular formula is C23H25N3O3. The van der Waals surface area contributed by atoms with Crippen molar-refractivity contribution in [3.63, 3.8) is 0 Å². The van der Waals surface area contributed by atoms with E-state index >= 15 is 0 Å². The van der Waals surface area contributed by atoms with E-state index in [1.54, 1.807) is 18.2 Å². The topological polar surface area (TPSA) is 92.5 Å². The van der Waals surface area contributed by atoms with Crippen molar-refractivity contribution < 1.29 is 14.4 Å². The molecule has 3 N–H and O–H groups in total. The number of nitrogens with zero attached hydrogens (tertiary/aromatic N) is 1. The normalized spacial score (nSPS) is 16.8. The fourth-order valence-electron chi connectivity index (χ4n) is 4.18. The van der Waals surface area contributed by atoms with Gasteiger partial charge < -0.3 is 11.1 Å². The fraction of sp³-hybridized carbons (Fsp3) is 0.348. The van der Waals surface area contributed by atoms with E-state index in [1.807, 2.05) is 24.3 Å². The Hall–Kier alpha value is -3.15. The first-order chi connectivity index (χ1) is 14.0. The number of amides is 3. The highest BCUT2D eigenvalue weighted by molar-refractivity contribution is 6.22.